The van der Waals surface area contributed by atoms with Crippen molar-refractivity contribution in [1.29, 1.82) is 5.26 Å². The molecule has 0 fully saturated rings. The van der Waals surface area contributed by atoms with E-state index in [1.807, 2.05) is 30.3 Å². The molecule has 1 aliphatic heterocycles. The van der Waals surface area contributed by atoms with Crippen LogP contribution in [0.1, 0.15) is 36.1 Å². The first kappa shape index (κ1) is 15.4. The van der Waals surface area contributed by atoms with Gasteiger partial charge in [-0.25, -0.2) is 0 Å². The lowest BCUT2D eigenvalue weighted by Gasteiger charge is -2.16. The molecule has 0 saturated carbocycles. The molecule has 3 rings (SSSR count). The molecule has 0 unspecified atom stereocenters. The highest BCUT2D eigenvalue weighted by Crippen LogP contribution is 2.32. The van der Waals surface area contributed by atoms with Gasteiger partial charge in [0, 0.05) is 19.0 Å². The number of rotatable bonds is 4. The summed E-state index contributed by atoms with van der Waals surface area (Å²) in [6.45, 7) is 4.28. The Morgan fingerprint density at radius 2 is 1.83 bits per heavy atom. The first-order valence-electron chi connectivity index (χ1n) is 7.88. The van der Waals surface area contributed by atoms with Gasteiger partial charge in [-0.05, 0) is 42.3 Å². The molecule has 23 heavy (non-hydrogen) atoms. The molecule has 0 aliphatic carbocycles. The van der Waals surface area contributed by atoms with Crippen molar-refractivity contribution in [3.05, 3.63) is 59.2 Å². The Morgan fingerprint density at radius 1 is 1.09 bits per heavy atom. The van der Waals surface area contributed by atoms with Crippen LogP contribution < -0.4 is 14.8 Å². The number of hydrogen-bond donors (Lipinski definition) is 1. The standard InChI is InChI=1S/C19H20N2O2/c1-14(21-13-16-5-3-15(12-20)4-6-16)17-7-8-18-19(11-17)23-10-2-9-22-18/h3-8,11,14,21H,2,9-10,13H2,1H3/t14-/m0/s1. The average molecular weight is 308 g/mol. The molecule has 1 heterocycles. The van der Waals surface area contributed by atoms with E-state index in [-0.39, 0.29) is 6.04 Å². The van der Waals surface area contributed by atoms with Gasteiger partial charge in [-0.2, -0.15) is 5.26 Å². The summed E-state index contributed by atoms with van der Waals surface area (Å²) in [4.78, 5) is 0. The Bertz CT molecular complexity index is 704. The maximum absolute atomic E-state index is 8.82. The molecular weight excluding hydrogens is 288 g/mol. The van der Waals surface area contributed by atoms with Crippen molar-refractivity contribution in [2.45, 2.75) is 25.9 Å². The number of nitrogens with one attached hydrogen (secondary N) is 1. The second-order valence-electron chi connectivity index (χ2n) is 5.67. The molecule has 2 aromatic carbocycles. The molecule has 1 atom stereocenters. The predicted molar refractivity (Wildman–Crippen MR) is 88.5 cm³/mol. The summed E-state index contributed by atoms with van der Waals surface area (Å²) in [6, 6.07) is 16.1. The molecule has 0 saturated heterocycles. The quantitative estimate of drug-likeness (QED) is 0.938. The van der Waals surface area contributed by atoms with Crippen LogP contribution in [-0.4, -0.2) is 13.2 Å². The summed E-state index contributed by atoms with van der Waals surface area (Å²) in [5.41, 5.74) is 3.01. The van der Waals surface area contributed by atoms with Crippen LogP contribution in [0.5, 0.6) is 11.5 Å². The van der Waals surface area contributed by atoms with Crippen molar-refractivity contribution < 1.29 is 9.47 Å². The largest absolute Gasteiger partial charge is 0.490 e. The maximum atomic E-state index is 8.82. The highest BCUT2D eigenvalue weighted by molar-refractivity contribution is 5.44. The van der Waals surface area contributed by atoms with Gasteiger partial charge < -0.3 is 14.8 Å². The van der Waals surface area contributed by atoms with Gasteiger partial charge in [-0.3, -0.25) is 0 Å². The van der Waals surface area contributed by atoms with E-state index in [1.54, 1.807) is 0 Å². The van der Waals surface area contributed by atoms with Gasteiger partial charge in [0.05, 0.1) is 24.8 Å². The van der Waals surface area contributed by atoms with Gasteiger partial charge >= 0.3 is 0 Å². The number of nitrogens with zero attached hydrogens (tertiary/aromatic N) is 1. The van der Waals surface area contributed by atoms with E-state index >= 15 is 0 Å². The molecule has 2 aromatic rings. The molecule has 4 heteroatoms. The van der Waals surface area contributed by atoms with Crippen LogP contribution in [0.15, 0.2) is 42.5 Å². The van der Waals surface area contributed by atoms with E-state index in [9.17, 15) is 0 Å². The summed E-state index contributed by atoms with van der Waals surface area (Å²) in [7, 11) is 0. The molecule has 118 valence electrons. The van der Waals surface area contributed by atoms with E-state index in [2.05, 4.69) is 30.4 Å². The number of hydrogen-bond acceptors (Lipinski definition) is 4. The zero-order valence-corrected chi connectivity index (χ0v) is 13.2. The third kappa shape index (κ3) is 3.82. The minimum Gasteiger partial charge on any atom is -0.490 e. The molecule has 0 aromatic heterocycles. The Hall–Kier alpha value is -2.51. The van der Waals surface area contributed by atoms with Gasteiger partial charge in [0.1, 0.15) is 0 Å². The van der Waals surface area contributed by atoms with Crippen LogP contribution in [0.2, 0.25) is 0 Å². The van der Waals surface area contributed by atoms with Crippen molar-refractivity contribution in [3.63, 3.8) is 0 Å². The first-order valence-corrected chi connectivity index (χ1v) is 7.88. The second-order valence-corrected chi connectivity index (χ2v) is 5.67. The predicted octanol–water partition coefficient (Wildman–Crippen LogP) is 3.57. The lowest BCUT2D eigenvalue weighted by atomic mass is 10.1. The molecule has 4 nitrogen and oxygen atoms in total. The van der Waals surface area contributed by atoms with E-state index < -0.39 is 0 Å². The Labute approximate surface area is 136 Å². The maximum Gasteiger partial charge on any atom is 0.161 e. The zero-order valence-electron chi connectivity index (χ0n) is 13.2. The van der Waals surface area contributed by atoms with Crippen molar-refractivity contribution in [2.75, 3.05) is 13.2 Å². The molecule has 0 spiro atoms. The topological polar surface area (TPSA) is 54.3 Å². The Balaban J connectivity index is 1.64. The fourth-order valence-electron chi connectivity index (χ4n) is 2.54. The zero-order chi connectivity index (χ0) is 16.1. The van der Waals surface area contributed by atoms with Crippen molar-refractivity contribution in [1.82, 2.24) is 5.32 Å². The summed E-state index contributed by atoms with van der Waals surface area (Å²) in [5.74, 6) is 1.65. The molecule has 1 aliphatic rings. The molecule has 0 amide bonds. The van der Waals surface area contributed by atoms with Crippen molar-refractivity contribution in [3.8, 4) is 17.6 Å². The molecule has 1 N–H and O–H groups in total. The first-order chi connectivity index (χ1) is 11.3. The third-order valence-corrected chi connectivity index (χ3v) is 3.97. The van der Waals surface area contributed by atoms with Crippen LogP contribution >= 0.6 is 0 Å². The summed E-state index contributed by atoms with van der Waals surface area (Å²) >= 11 is 0. The van der Waals surface area contributed by atoms with Crippen molar-refractivity contribution in [2.24, 2.45) is 0 Å². The summed E-state index contributed by atoms with van der Waals surface area (Å²) in [5, 5.41) is 12.3. The van der Waals surface area contributed by atoms with Crippen LogP contribution in [0.4, 0.5) is 0 Å². The summed E-state index contributed by atoms with van der Waals surface area (Å²) < 4.78 is 11.4. The molecule has 0 bridgehead atoms. The van der Waals surface area contributed by atoms with Crippen molar-refractivity contribution >= 4 is 0 Å². The van der Waals surface area contributed by atoms with E-state index in [0.717, 1.165) is 30.0 Å². The average Bonchev–Trinajstić information content (AvgIpc) is 2.84. The highest BCUT2D eigenvalue weighted by Gasteiger charge is 2.13. The smallest absolute Gasteiger partial charge is 0.161 e. The highest BCUT2D eigenvalue weighted by atomic mass is 16.5. The SMILES string of the molecule is C[C@H](NCc1ccc(C#N)cc1)c1ccc2c(c1)OCCCO2. The lowest BCUT2D eigenvalue weighted by Crippen LogP contribution is -2.18. The number of fused-ring (bicyclic) bond motifs is 1. The van der Waals surface area contributed by atoms with E-state index in [1.165, 1.54) is 5.56 Å². The van der Waals surface area contributed by atoms with Gasteiger partial charge in [0.15, 0.2) is 11.5 Å². The lowest BCUT2D eigenvalue weighted by molar-refractivity contribution is 0.297. The van der Waals surface area contributed by atoms with Gasteiger partial charge in [0.25, 0.3) is 0 Å². The molecular formula is C19H20N2O2. The van der Waals surface area contributed by atoms with Gasteiger partial charge in [-0.1, -0.05) is 18.2 Å². The van der Waals surface area contributed by atoms with E-state index in [0.29, 0.717) is 18.8 Å². The molecule has 0 radical (unpaired) electrons. The number of benzene rings is 2. The van der Waals surface area contributed by atoms with Crippen LogP contribution in [0.3, 0.4) is 0 Å². The minimum absolute atomic E-state index is 0.197. The Kier molecular flexibility index (Phi) is 4.80. The normalized spacial score (nSPS) is 14.6. The van der Waals surface area contributed by atoms with Crippen LogP contribution in [0.25, 0.3) is 0 Å². The third-order valence-electron chi connectivity index (χ3n) is 3.97. The second kappa shape index (κ2) is 7.17. The fraction of sp³-hybridized carbons (Fsp3) is 0.316. The van der Waals surface area contributed by atoms with Gasteiger partial charge in [-0.15, -0.1) is 0 Å². The van der Waals surface area contributed by atoms with E-state index in [4.69, 9.17) is 14.7 Å². The van der Waals surface area contributed by atoms with Gasteiger partial charge in [0.2, 0.25) is 0 Å². The number of ether oxygens (including phenoxy) is 2. The van der Waals surface area contributed by atoms with Crippen LogP contribution in [-0.2, 0) is 6.54 Å². The fourth-order valence-corrected chi connectivity index (χ4v) is 2.54. The monoisotopic (exact) mass is 308 g/mol. The minimum atomic E-state index is 0.197. The number of nitriles is 1. The summed E-state index contributed by atoms with van der Waals surface area (Å²) in [6.07, 6.45) is 0.913. The van der Waals surface area contributed by atoms with Crippen LogP contribution in [0, 0.1) is 11.3 Å². The Morgan fingerprint density at radius 3 is 2.57 bits per heavy atom.